The molecule has 2 aromatic carbocycles. The summed E-state index contributed by atoms with van der Waals surface area (Å²) in [6.07, 6.45) is 3.12. The average Bonchev–Trinajstić information content (AvgIpc) is 3.18. The molecule has 0 saturated heterocycles. The summed E-state index contributed by atoms with van der Waals surface area (Å²) >= 11 is 0. The molecule has 0 radical (unpaired) electrons. The van der Waals surface area contributed by atoms with Crippen LogP contribution < -0.4 is 14.8 Å². The van der Waals surface area contributed by atoms with Crippen molar-refractivity contribution >= 4 is 16.8 Å². The van der Waals surface area contributed by atoms with Gasteiger partial charge >= 0.3 is 0 Å². The molecule has 1 amide bonds. The van der Waals surface area contributed by atoms with Crippen LogP contribution in [-0.2, 0) is 9.53 Å². The van der Waals surface area contributed by atoms with E-state index in [-0.39, 0.29) is 11.8 Å². The predicted molar refractivity (Wildman–Crippen MR) is 114 cm³/mol. The lowest BCUT2D eigenvalue weighted by molar-refractivity contribution is -0.121. The number of amides is 1. The maximum Gasteiger partial charge on any atom is 0.220 e. The van der Waals surface area contributed by atoms with E-state index in [9.17, 15) is 4.79 Å². The number of carbonyl (C=O) groups is 1. The largest absolute Gasteiger partial charge is 0.493 e. The average molecular weight is 396 g/mol. The van der Waals surface area contributed by atoms with E-state index in [0.717, 1.165) is 28.5 Å². The van der Waals surface area contributed by atoms with Crippen molar-refractivity contribution < 1.29 is 19.0 Å². The molecule has 0 aliphatic carbocycles. The maximum absolute atomic E-state index is 12.7. The first-order chi connectivity index (χ1) is 14.2. The monoisotopic (exact) mass is 396 g/mol. The number of hydrogen-bond donors (Lipinski definition) is 2. The lowest BCUT2D eigenvalue weighted by Crippen LogP contribution is -2.27. The van der Waals surface area contributed by atoms with Crippen molar-refractivity contribution in [3.8, 4) is 11.5 Å². The summed E-state index contributed by atoms with van der Waals surface area (Å²) in [5.74, 6) is 1.20. The molecule has 1 aromatic heterocycles. The van der Waals surface area contributed by atoms with Gasteiger partial charge in [0, 0.05) is 49.7 Å². The molecule has 0 bridgehead atoms. The zero-order chi connectivity index (χ0) is 20.6. The zero-order valence-electron chi connectivity index (χ0n) is 17.2. The Bertz CT molecular complexity index is 951. The highest BCUT2D eigenvalue weighted by Crippen LogP contribution is 2.37. The first-order valence-electron chi connectivity index (χ1n) is 9.71. The fraction of sp³-hybridized carbons (Fsp3) is 0.348. The zero-order valence-corrected chi connectivity index (χ0v) is 17.2. The molecule has 0 aliphatic rings. The van der Waals surface area contributed by atoms with Crippen LogP contribution in [0.15, 0.2) is 48.7 Å². The molecule has 2 N–H and O–H groups in total. The number of aromatic amines is 1. The van der Waals surface area contributed by atoms with Crippen LogP contribution in [0, 0.1) is 0 Å². The van der Waals surface area contributed by atoms with E-state index >= 15 is 0 Å². The van der Waals surface area contributed by atoms with E-state index in [1.165, 1.54) is 0 Å². The summed E-state index contributed by atoms with van der Waals surface area (Å²) in [7, 11) is 4.89. The number of carbonyl (C=O) groups excluding carboxylic acids is 1. The number of hydrogen-bond acceptors (Lipinski definition) is 4. The Kier molecular flexibility index (Phi) is 7.14. The van der Waals surface area contributed by atoms with Gasteiger partial charge in [0.2, 0.25) is 5.91 Å². The molecule has 154 valence electrons. The van der Waals surface area contributed by atoms with Crippen molar-refractivity contribution in [2.45, 2.75) is 18.8 Å². The lowest BCUT2D eigenvalue weighted by atomic mass is 9.87. The van der Waals surface area contributed by atoms with Crippen molar-refractivity contribution in [1.82, 2.24) is 10.3 Å². The van der Waals surface area contributed by atoms with E-state index in [2.05, 4.69) is 16.4 Å². The van der Waals surface area contributed by atoms with Crippen LogP contribution in [0.4, 0.5) is 0 Å². The minimum atomic E-state index is -0.117. The fourth-order valence-corrected chi connectivity index (χ4v) is 3.56. The van der Waals surface area contributed by atoms with Gasteiger partial charge in [-0.25, -0.2) is 0 Å². The van der Waals surface area contributed by atoms with Crippen LogP contribution in [0.25, 0.3) is 10.9 Å². The fourth-order valence-electron chi connectivity index (χ4n) is 3.56. The summed E-state index contributed by atoms with van der Waals surface area (Å²) in [5, 5.41) is 4.10. The number of H-pyrrole nitrogens is 1. The number of rotatable bonds is 10. The highest BCUT2D eigenvalue weighted by atomic mass is 16.5. The van der Waals surface area contributed by atoms with Gasteiger partial charge in [0.1, 0.15) is 0 Å². The summed E-state index contributed by atoms with van der Waals surface area (Å²) in [4.78, 5) is 16.0. The van der Waals surface area contributed by atoms with Crippen LogP contribution in [0.2, 0.25) is 0 Å². The summed E-state index contributed by atoms with van der Waals surface area (Å²) < 4.78 is 15.9. The van der Waals surface area contributed by atoms with Gasteiger partial charge in [-0.15, -0.1) is 0 Å². The lowest BCUT2D eigenvalue weighted by Gasteiger charge is -2.19. The van der Waals surface area contributed by atoms with Gasteiger partial charge in [-0.1, -0.05) is 24.3 Å². The molecule has 6 nitrogen and oxygen atoms in total. The van der Waals surface area contributed by atoms with Crippen molar-refractivity contribution in [3.63, 3.8) is 0 Å². The third-order valence-electron chi connectivity index (χ3n) is 5.04. The Labute approximate surface area is 171 Å². The third kappa shape index (κ3) is 4.90. The van der Waals surface area contributed by atoms with Crippen LogP contribution in [0.1, 0.15) is 29.9 Å². The van der Waals surface area contributed by atoms with Crippen molar-refractivity contribution in [2.24, 2.45) is 0 Å². The van der Waals surface area contributed by atoms with Gasteiger partial charge in [-0.05, 0) is 35.7 Å². The Morgan fingerprint density at radius 1 is 1.07 bits per heavy atom. The first-order valence-corrected chi connectivity index (χ1v) is 9.71. The molecule has 3 rings (SSSR count). The summed E-state index contributed by atoms with van der Waals surface area (Å²) in [6, 6.07) is 13.9. The van der Waals surface area contributed by atoms with Gasteiger partial charge in [0.25, 0.3) is 0 Å². The molecule has 0 aliphatic heterocycles. The molecular formula is C23H28N2O4. The van der Waals surface area contributed by atoms with Gasteiger partial charge in [0.15, 0.2) is 11.5 Å². The van der Waals surface area contributed by atoms with Crippen LogP contribution >= 0.6 is 0 Å². The Hall–Kier alpha value is -2.99. The number of para-hydroxylation sites is 1. The molecule has 6 heteroatoms. The number of aromatic nitrogens is 1. The van der Waals surface area contributed by atoms with E-state index in [1.54, 1.807) is 21.3 Å². The summed E-state index contributed by atoms with van der Waals surface area (Å²) in [5.41, 5.74) is 3.13. The quantitative estimate of drug-likeness (QED) is 0.511. The second-order valence-electron chi connectivity index (χ2n) is 6.86. The standard InChI is InChI=1S/C23H28N2O4/c1-27-12-6-11-24-23(26)14-18(16-9-10-21(28-2)22(13-16)29-3)19-15-25-20-8-5-4-7-17(19)20/h4-5,7-10,13,15,18,25H,6,11-12,14H2,1-3H3,(H,24,26)/t18-/m0/s1. The van der Waals surface area contributed by atoms with E-state index in [0.29, 0.717) is 31.1 Å². The summed E-state index contributed by atoms with van der Waals surface area (Å²) in [6.45, 7) is 1.22. The van der Waals surface area contributed by atoms with E-state index in [1.807, 2.05) is 42.6 Å². The number of nitrogens with one attached hydrogen (secondary N) is 2. The number of ether oxygens (including phenoxy) is 3. The predicted octanol–water partition coefficient (Wildman–Crippen LogP) is 3.86. The molecule has 3 aromatic rings. The molecular weight excluding hydrogens is 368 g/mol. The Morgan fingerprint density at radius 2 is 1.86 bits per heavy atom. The minimum absolute atomic E-state index is 0.00571. The highest BCUT2D eigenvalue weighted by molar-refractivity contribution is 5.86. The van der Waals surface area contributed by atoms with Crippen molar-refractivity contribution in [3.05, 3.63) is 59.8 Å². The van der Waals surface area contributed by atoms with Crippen LogP contribution in [0.5, 0.6) is 11.5 Å². The third-order valence-corrected chi connectivity index (χ3v) is 5.04. The SMILES string of the molecule is COCCCNC(=O)C[C@@H](c1ccc(OC)c(OC)c1)c1c[nH]c2ccccc12. The normalized spacial score (nSPS) is 12.0. The second-order valence-corrected chi connectivity index (χ2v) is 6.86. The minimum Gasteiger partial charge on any atom is -0.493 e. The van der Waals surface area contributed by atoms with Crippen molar-refractivity contribution in [2.75, 3.05) is 34.5 Å². The molecule has 0 saturated carbocycles. The number of benzene rings is 2. The van der Waals surface area contributed by atoms with Gasteiger partial charge < -0.3 is 24.5 Å². The molecule has 0 fully saturated rings. The van der Waals surface area contributed by atoms with Crippen LogP contribution in [0.3, 0.4) is 0 Å². The molecule has 1 heterocycles. The molecule has 0 spiro atoms. The number of fused-ring (bicyclic) bond motifs is 1. The van der Waals surface area contributed by atoms with Crippen LogP contribution in [-0.4, -0.2) is 45.4 Å². The second kappa shape index (κ2) is 9.98. The first kappa shape index (κ1) is 20.7. The van der Waals surface area contributed by atoms with E-state index in [4.69, 9.17) is 14.2 Å². The molecule has 0 unspecified atom stereocenters. The Balaban J connectivity index is 1.93. The Morgan fingerprint density at radius 3 is 2.62 bits per heavy atom. The highest BCUT2D eigenvalue weighted by Gasteiger charge is 2.22. The van der Waals surface area contributed by atoms with Gasteiger partial charge in [-0.3, -0.25) is 4.79 Å². The molecule has 1 atom stereocenters. The topological polar surface area (TPSA) is 72.6 Å². The van der Waals surface area contributed by atoms with E-state index < -0.39 is 0 Å². The maximum atomic E-state index is 12.7. The van der Waals surface area contributed by atoms with Crippen molar-refractivity contribution in [1.29, 1.82) is 0 Å². The smallest absolute Gasteiger partial charge is 0.220 e. The molecule has 29 heavy (non-hydrogen) atoms. The number of methoxy groups -OCH3 is 3. The van der Waals surface area contributed by atoms with Gasteiger partial charge in [-0.2, -0.15) is 0 Å². The van der Waals surface area contributed by atoms with Gasteiger partial charge in [0.05, 0.1) is 14.2 Å².